The van der Waals surface area contributed by atoms with Gasteiger partial charge in [-0.1, -0.05) is 30.3 Å². The second-order valence-electron chi connectivity index (χ2n) is 7.07. The van der Waals surface area contributed by atoms with E-state index < -0.39 is 0 Å². The van der Waals surface area contributed by atoms with E-state index >= 15 is 0 Å². The van der Waals surface area contributed by atoms with Gasteiger partial charge in [-0.15, -0.1) is 0 Å². The van der Waals surface area contributed by atoms with E-state index in [-0.39, 0.29) is 18.0 Å². The topological polar surface area (TPSA) is 83.9 Å². The number of benzene rings is 2. The molecule has 7 nitrogen and oxygen atoms in total. The molecule has 4 aromatic rings. The molecule has 2 heterocycles. The number of aromatic nitrogens is 4. The van der Waals surface area contributed by atoms with Crippen molar-refractivity contribution in [2.45, 2.75) is 26.3 Å². The minimum absolute atomic E-state index is 0.0146. The molecule has 0 saturated heterocycles. The molecule has 0 spiro atoms. The molecule has 0 aliphatic heterocycles. The van der Waals surface area contributed by atoms with Gasteiger partial charge in [-0.3, -0.25) is 9.59 Å². The van der Waals surface area contributed by atoms with Crippen LogP contribution in [0.1, 0.15) is 24.7 Å². The molecule has 1 N–H and O–H groups in total. The molecule has 0 unspecified atom stereocenters. The first kappa shape index (κ1) is 19.6. The van der Waals surface area contributed by atoms with Gasteiger partial charge in [0.2, 0.25) is 5.91 Å². The number of nitrogens with zero attached hydrogens (tertiary/aromatic N) is 4. The summed E-state index contributed by atoms with van der Waals surface area (Å²) >= 11 is 0. The first-order chi connectivity index (χ1) is 14.6. The molecule has 0 atom stereocenters. The van der Waals surface area contributed by atoms with Crippen LogP contribution in [0.3, 0.4) is 0 Å². The summed E-state index contributed by atoms with van der Waals surface area (Å²) in [6, 6.07) is 17.0. The average molecular weight is 401 g/mol. The molecule has 2 aromatic heterocycles. The molecular weight excluding hydrogens is 378 g/mol. The van der Waals surface area contributed by atoms with Crippen LogP contribution in [0.2, 0.25) is 0 Å². The maximum absolute atomic E-state index is 12.8. The van der Waals surface area contributed by atoms with E-state index in [4.69, 9.17) is 0 Å². The van der Waals surface area contributed by atoms with Crippen LogP contribution in [0.5, 0.6) is 0 Å². The zero-order valence-corrected chi connectivity index (χ0v) is 16.8. The number of carbonyl (C=O) groups is 1. The molecule has 0 radical (unpaired) electrons. The van der Waals surface area contributed by atoms with Crippen molar-refractivity contribution >= 4 is 16.8 Å². The van der Waals surface area contributed by atoms with E-state index in [0.717, 1.165) is 11.3 Å². The lowest BCUT2D eigenvalue weighted by atomic mass is 10.2. The molecule has 4 rings (SSSR count). The Kier molecular flexibility index (Phi) is 5.70. The highest BCUT2D eigenvalue weighted by molar-refractivity contribution is 5.78. The highest BCUT2D eigenvalue weighted by Crippen LogP contribution is 2.11. The lowest BCUT2D eigenvalue weighted by molar-refractivity contribution is -0.131. The van der Waals surface area contributed by atoms with Gasteiger partial charge in [-0.05, 0) is 43.2 Å². The van der Waals surface area contributed by atoms with Crippen LogP contribution in [0.15, 0.2) is 71.8 Å². The van der Waals surface area contributed by atoms with Crippen LogP contribution in [-0.4, -0.2) is 37.1 Å². The molecule has 7 heteroatoms. The van der Waals surface area contributed by atoms with Crippen molar-refractivity contribution in [2.75, 3.05) is 6.54 Å². The predicted molar refractivity (Wildman–Crippen MR) is 115 cm³/mol. The average Bonchev–Trinajstić information content (AvgIpc) is 3.25. The summed E-state index contributed by atoms with van der Waals surface area (Å²) in [7, 11) is 0. The van der Waals surface area contributed by atoms with Gasteiger partial charge in [0.15, 0.2) is 0 Å². The van der Waals surface area contributed by atoms with Crippen LogP contribution in [0.25, 0.3) is 16.6 Å². The minimum Gasteiger partial charge on any atom is -0.335 e. The fraction of sp³-hybridized carbons (Fsp3) is 0.217. The predicted octanol–water partition coefficient (Wildman–Crippen LogP) is 3.09. The zero-order valence-electron chi connectivity index (χ0n) is 16.8. The zero-order chi connectivity index (χ0) is 20.9. The van der Waals surface area contributed by atoms with Crippen LogP contribution in [-0.2, 0) is 17.8 Å². The quantitative estimate of drug-likeness (QED) is 0.516. The Bertz CT molecular complexity index is 1210. The third-order valence-electron chi connectivity index (χ3n) is 5.02. The molecule has 152 valence electrons. The van der Waals surface area contributed by atoms with E-state index in [2.05, 4.69) is 15.1 Å². The molecule has 1 amide bonds. The van der Waals surface area contributed by atoms with Crippen molar-refractivity contribution in [1.82, 2.24) is 24.6 Å². The third kappa shape index (κ3) is 4.30. The lowest BCUT2D eigenvalue weighted by Crippen LogP contribution is -2.32. The van der Waals surface area contributed by atoms with E-state index in [1.165, 1.54) is 0 Å². The largest absolute Gasteiger partial charge is 0.335 e. The first-order valence-corrected chi connectivity index (χ1v) is 9.98. The van der Waals surface area contributed by atoms with Crippen molar-refractivity contribution in [3.63, 3.8) is 0 Å². The number of para-hydroxylation sites is 2. The van der Waals surface area contributed by atoms with E-state index in [9.17, 15) is 9.59 Å². The molecule has 2 aromatic carbocycles. The molecule has 0 aliphatic rings. The molecule has 0 fully saturated rings. The minimum atomic E-state index is -0.188. The standard InChI is InChI=1S/C23H23N5O2/c1-2-27(16-21-25-20-11-7-6-10-19(20)23(30)26-21)22(29)13-12-17-14-24-28(15-17)18-8-4-3-5-9-18/h3-11,14-15H,2,12-13,16H2,1H3,(H,25,26,30). The number of H-pyrrole nitrogens is 1. The fourth-order valence-electron chi connectivity index (χ4n) is 3.39. The molecular formula is C23H23N5O2. The molecule has 30 heavy (non-hydrogen) atoms. The maximum atomic E-state index is 12.8. The van der Waals surface area contributed by atoms with Crippen molar-refractivity contribution in [2.24, 2.45) is 0 Å². The van der Waals surface area contributed by atoms with Gasteiger partial charge in [-0.25, -0.2) is 9.67 Å². The third-order valence-corrected chi connectivity index (χ3v) is 5.02. The first-order valence-electron chi connectivity index (χ1n) is 9.98. The van der Waals surface area contributed by atoms with Gasteiger partial charge in [0.05, 0.1) is 29.3 Å². The summed E-state index contributed by atoms with van der Waals surface area (Å²) in [6.07, 6.45) is 4.70. The highest BCUT2D eigenvalue weighted by Gasteiger charge is 2.15. The summed E-state index contributed by atoms with van der Waals surface area (Å²) in [5, 5.41) is 4.93. The number of aromatic amines is 1. The summed E-state index contributed by atoms with van der Waals surface area (Å²) in [6.45, 7) is 2.74. The van der Waals surface area contributed by atoms with Gasteiger partial charge >= 0.3 is 0 Å². The number of hydrogen-bond acceptors (Lipinski definition) is 4. The van der Waals surface area contributed by atoms with Crippen molar-refractivity contribution in [3.8, 4) is 5.69 Å². The van der Waals surface area contributed by atoms with E-state index in [1.54, 1.807) is 34.0 Å². The number of rotatable bonds is 7. The van der Waals surface area contributed by atoms with Gasteiger partial charge < -0.3 is 9.88 Å². The van der Waals surface area contributed by atoms with Crippen molar-refractivity contribution < 1.29 is 4.79 Å². The molecule has 0 saturated carbocycles. The highest BCUT2D eigenvalue weighted by atomic mass is 16.2. The van der Waals surface area contributed by atoms with Gasteiger partial charge in [0.25, 0.3) is 5.56 Å². The van der Waals surface area contributed by atoms with Crippen LogP contribution < -0.4 is 5.56 Å². The Labute approximate surface area is 174 Å². The van der Waals surface area contributed by atoms with Gasteiger partial charge in [0, 0.05) is 19.2 Å². The lowest BCUT2D eigenvalue weighted by Gasteiger charge is -2.20. The summed E-state index contributed by atoms with van der Waals surface area (Å²) < 4.78 is 1.81. The van der Waals surface area contributed by atoms with Gasteiger partial charge in [0.1, 0.15) is 5.82 Å². The summed E-state index contributed by atoms with van der Waals surface area (Å²) in [5.41, 5.74) is 2.43. The molecule has 0 aliphatic carbocycles. The number of hydrogen-bond donors (Lipinski definition) is 1. The van der Waals surface area contributed by atoms with E-state index in [1.807, 2.05) is 49.5 Å². The number of fused-ring (bicyclic) bond motifs is 1. The Morgan fingerprint density at radius 3 is 2.67 bits per heavy atom. The second-order valence-corrected chi connectivity index (χ2v) is 7.07. The van der Waals surface area contributed by atoms with Gasteiger partial charge in [-0.2, -0.15) is 5.10 Å². The Balaban J connectivity index is 1.41. The van der Waals surface area contributed by atoms with Crippen LogP contribution in [0, 0.1) is 0 Å². The van der Waals surface area contributed by atoms with Crippen molar-refractivity contribution in [3.05, 3.63) is 88.7 Å². The maximum Gasteiger partial charge on any atom is 0.258 e. The SMILES string of the molecule is CCN(Cc1nc2ccccc2c(=O)[nH]1)C(=O)CCc1cnn(-c2ccccc2)c1. The number of nitrogens with one attached hydrogen (secondary N) is 1. The van der Waals surface area contributed by atoms with Crippen molar-refractivity contribution in [1.29, 1.82) is 0 Å². The monoisotopic (exact) mass is 401 g/mol. The molecule has 0 bridgehead atoms. The Hall–Kier alpha value is -3.74. The number of amides is 1. The number of aryl methyl sites for hydroxylation is 1. The van der Waals surface area contributed by atoms with Crippen LogP contribution in [0.4, 0.5) is 0 Å². The Morgan fingerprint density at radius 2 is 1.87 bits per heavy atom. The fourth-order valence-corrected chi connectivity index (χ4v) is 3.39. The Morgan fingerprint density at radius 1 is 1.10 bits per heavy atom. The van der Waals surface area contributed by atoms with E-state index in [0.29, 0.717) is 36.1 Å². The summed E-state index contributed by atoms with van der Waals surface area (Å²) in [5.74, 6) is 0.506. The van der Waals surface area contributed by atoms with Crippen LogP contribution >= 0.6 is 0 Å². The summed E-state index contributed by atoms with van der Waals surface area (Å²) in [4.78, 5) is 34.0. The smallest absolute Gasteiger partial charge is 0.258 e. The number of carbonyl (C=O) groups excluding carboxylic acids is 1. The second kappa shape index (κ2) is 8.73. The normalized spacial score (nSPS) is 11.0.